The minimum Gasteiger partial charge on any atom is -0.495 e. The zero-order valence-corrected chi connectivity index (χ0v) is 18.8. The third-order valence-corrected chi connectivity index (χ3v) is 7.57. The number of aromatic nitrogens is 1. The van der Waals surface area contributed by atoms with E-state index in [2.05, 4.69) is 10.5 Å². The van der Waals surface area contributed by atoms with Gasteiger partial charge in [0.25, 0.3) is 0 Å². The van der Waals surface area contributed by atoms with Crippen LogP contribution >= 0.6 is 11.8 Å². The number of benzene rings is 1. The highest BCUT2D eigenvalue weighted by atomic mass is 32.2. The molecule has 1 saturated heterocycles. The van der Waals surface area contributed by atoms with Gasteiger partial charge in [-0.05, 0) is 32.0 Å². The van der Waals surface area contributed by atoms with Crippen molar-refractivity contribution in [1.29, 1.82) is 0 Å². The van der Waals surface area contributed by atoms with Crippen LogP contribution in [0.4, 0.5) is 5.69 Å². The summed E-state index contributed by atoms with van der Waals surface area (Å²) in [6.07, 6.45) is 0. The number of nitrogens with one attached hydrogen (secondary N) is 1. The number of thioether (sulfide) groups is 1. The lowest BCUT2D eigenvalue weighted by atomic mass is 10.2. The number of hydrogen-bond acceptors (Lipinski definition) is 8. The first-order valence-corrected chi connectivity index (χ1v) is 12.0. The van der Waals surface area contributed by atoms with Crippen LogP contribution in [0.3, 0.4) is 0 Å². The van der Waals surface area contributed by atoms with E-state index in [9.17, 15) is 13.2 Å². The molecule has 2 heterocycles. The number of methoxy groups -OCH3 is 1. The molecule has 9 nitrogen and oxygen atoms in total. The molecule has 1 aromatic heterocycles. The predicted molar refractivity (Wildman–Crippen MR) is 113 cm³/mol. The van der Waals surface area contributed by atoms with Crippen LogP contribution in [0.25, 0.3) is 0 Å². The van der Waals surface area contributed by atoms with E-state index in [0.717, 1.165) is 17.0 Å². The first-order chi connectivity index (χ1) is 14.3. The van der Waals surface area contributed by atoms with Gasteiger partial charge < -0.3 is 19.3 Å². The van der Waals surface area contributed by atoms with Crippen LogP contribution in [-0.4, -0.2) is 63.0 Å². The Bertz CT molecular complexity index is 980. The van der Waals surface area contributed by atoms with E-state index in [-0.39, 0.29) is 16.6 Å². The maximum Gasteiger partial charge on any atom is 0.243 e. The zero-order chi connectivity index (χ0) is 21.7. The SMILES string of the molecule is COc1ccc(S(=O)(=O)N2CCOCC2)cc1NC(=O)CSCc1c(C)noc1C. The maximum atomic E-state index is 12.9. The van der Waals surface area contributed by atoms with Crippen molar-refractivity contribution in [2.45, 2.75) is 24.5 Å². The monoisotopic (exact) mass is 455 g/mol. The van der Waals surface area contributed by atoms with Gasteiger partial charge in [-0.25, -0.2) is 8.42 Å². The molecule has 164 valence electrons. The van der Waals surface area contributed by atoms with Gasteiger partial charge >= 0.3 is 0 Å². The zero-order valence-electron chi connectivity index (χ0n) is 17.1. The van der Waals surface area contributed by atoms with E-state index < -0.39 is 10.0 Å². The van der Waals surface area contributed by atoms with E-state index in [1.165, 1.54) is 35.3 Å². The van der Waals surface area contributed by atoms with Gasteiger partial charge in [0.15, 0.2) is 0 Å². The van der Waals surface area contributed by atoms with Gasteiger partial charge in [-0.2, -0.15) is 4.31 Å². The van der Waals surface area contributed by atoms with Crippen LogP contribution in [0.1, 0.15) is 17.0 Å². The van der Waals surface area contributed by atoms with Gasteiger partial charge in [0, 0.05) is 24.4 Å². The Kier molecular flexibility index (Phi) is 7.40. The lowest BCUT2D eigenvalue weighted by molar-refractivity contribution is -0.113. The van der Waals surface area contributed by atoms with Gasteiger partial charge in [-0.15, -0.1) is 11.8 Å². The molecule has 3 rings (SSSR count). The summed E-state index contributed by atoms with van der Waals surface area (Å²) < 4.78 is 42.8. The third kappa shape index (κ3) is 5.15. The van der Waals surface area contributed by atoms with E-state index in [4.69, 9.17) is 14.0 Å². The van der Waals surface area contributed by atoms with E-state index in [0.29, 0.717) is 43.5 Å². The molecule has 0 radical (unpaired) electrons. The highest BCUT2D eigenvalue weighted by Gasteiger charge is 2.27. The summed E-state index contributed by atoms with van der Waals surface area (Å²) in [5, 5.41) is 6.66. The molecule has 0 saturated carbocycles. The molecule has 2 aromatic rings. The summed E-state index contributed by atoms with van der Waals surface area (Å²) in [5.41, 5.74) is 2.10. The molecule has 1 aliphatic rings. The molecule has 1 N–H and O–H groups in total. The number of rotatable bonds is 8. The van der Waals surface area contributed by atoms with Gasteiger partial charge in [0.1, 0.15) is 11.5 Å². The summed E-state index contributed by atoms with van der Waals surface area (Å²) >= 11 is 1.42. The van der Waals surface area contributed by atoms with Crippen molar-refractivity contribution in [3.8, 4) is 5.75 Å². The first-order valence-electron chi connectivity index (χ1n) is 9.38. The van der Waals surface area contributed by atoms with E-state index in [1.807, 2.05) is 13.8 Å². The van der Waals surface area contributed by atoms with Gasteiger partial charge in [-0.1, -0.05) is 5.16 Å². The van der Waals surface area contributed by atoms with Crippen molar-refractivity contribution in [3.05, 3.63) is 35.2 Å². The number of morpholine rings is 1. The summed E-state index contributed by atoms with van der Waals surface area (Å²) in [5.74, 6) is 1.65. The molecule has 11 heteroatoms. The second-order valence-corrected chi connectivity index (χ2v) is 9.65. The summed E-state index contributed by atoms with van der Waals surface area (Å²) in [4.78, 5) is 12.5. The second-order valence-electron chi connectivity index (χ2n) is 6.72. The average molecular weight is 456 g/mol. The molecule has 0 bridgehead atoms. The van der Waals surface area contributed by atoms with Crippen LogP contribution in [0.15, 0.2) is 27.6 Å². The number of carbonyl (C=O) groups is 1. The number of nitrogens with zero attached hydrogens (tertiary/aromatic N) is 2. The molecule has 1 amide bonds. The van der Waals surface area contributed by atoms with Crippen molar-refractivity contribution in [3.63, 3.8) is 0 Å². The van der Waals surface area contributed by atoms with Gasteiger partial charge in [0.2, 0.25) is 15.9 Å². The molecular formula is C19H25N3O6S2. The Balaban J connectivity index is 1.68. The second kappa shape index (κ2) is 9.82. The molecule has 1 aromatic carbocycles. The fourth-order valence-corrected chi connectivity index (χ4v) is 5.43. The number of sulfonamides is 1. The van der Waals surface area contributed by atoms with Crippen molar-refractivity contribution in [2.24, 2.45) is 0 Å². The van der Waals surface area contributed by atoms with Crippen molar-refractivity contribution in [2.75, 3.05) is 44.5 Å². The summed E-state index contributed by atoms with van der Waals surface area (Å²) in [6.45, 7) is 5.02. The number of aryl methyl sites for hydroxylation is 2. The Labute approximate surface area is 180 Å². The van der Waals surface area contributed by atoms with Crippen molar-refractivity contribution < 1.29 is 27.2 Å². The van der Waals surface area contributed by atoms with Crippen LogP contribution in [0.5, 0.6) is 5.75 Å². The highest BCUT2D eigenvalue weighted by Crippen LogP contribution is 2.29. The minimum absolute atomic E-state index is 0.101. The molecule has 1 fully saturated rings. The highest BCUT2D eigenvalue weighted by molar-refractivity contribution is 7.99. The van der Waals surface area contributed by atoms with Crippen molar-refractivity contribution in [1.82, 2.24) is 9.46 Å². The standard InChI is InChI=1S/C19H25N3O6S2/c1-13-16(14(2)28-21-13)11-29-12-19(23)20-17-10-15(4-5-18(17)26-3)30(24,25)22-6-8-27-9-7-22/h4-5,10H,6-9,11-12H2,1-3H3,(H,20,23). The molecular weight excluding hydrogens is 430 g/mol. The van der Waals surface area contributed by atoms with E-state index in [1.54, 1.807) is 6.07 Å². The minimum atomic E-state index is -3.68. The Morgan fingerprint density at radius 1 is 1.30 bits per heavy atom. The molecule has 0 aliphatic carbocycles. The molecule has 0 unspecified atom stereocenters. The van der Waals surface area contributed by atoms with Gasteiger partial charge in [-0.3, -0.25) is 4.79 Å². The third-order valence-electron chi connectivity index (χ3n) is 4.71. The molecule has 0 spiro atoms. The largest absolute Gasteiger partial charge is 0.495 e. The number of amides is 1. The van der Waals surface area contributed by atoms with Crippen LogP contribution < -0.4 is 10.1 Å². The fourth-order valence-electron chi connectivity index (χ4n) is 3.02. The lowest BCUT2D eigenvalue weighted by Gasteiger charge is -2.26. The normalized spacial score (nSPS) is 15.2. The van der Waals surface area contributed by atoms with Gasteiger partial charge in [0.05, 0.1) is 42.4 Å². The Morgan fingerprint density at radius 2 is 2.03 bits per heavy atom. The average Bonchev–Trinajstić information content (AvgIpc) is 3.06. The van der Waals surface area contributed by atoms with Crippen LogP contribution in [0, 0.1) is 13.8 Å². The topological polar surface area (TPSA) is 111 Å². The lowest BCUT2D eigenvalue weighted by Crippen LogP contribution is -2.40. The number of anilines is 1. The van der Waals surface area contributed by atoms with Crippen molar-refractivity contribution >= 4 is 33.4 Å². The molecule has 30 heavy (non-hydrogen) atoms. The summed E-state index contributed by atoms with van der Waals surface area (Å²) in [6, 6.07) is 4.45. The molecule has 0 atom stereocenters. The Morgan fingerprint density at radius 3 is 2.67 bits per heavy atom. The number of ether oxygens (including phenoxy) is 2. The summed E-state index contributed by atoms with van der Waals surface area (Å²) in [7, 11) is -2.21. The molecule has 1 aliphatic heterocycles. The van der Waals surface area contributed by atoms with Crippen LogP contribution in [-0.2, 0) is 25.3 Å². The van der Waals surface area contributed by atoms with Crippen LogP contribution in [0.2, 0.25) is 0 Å². The Hall–Kier alpha value is -2.08. The van der Waals surface area contributed by atoms with E-state index >= 15 is 0 Å². The first kappa shape index (κ1) is 22.6. The number of carbonyl (C=O) groups excluding carboxylic acids is 1. The smallest absolute Gasteiger partial charge is 0.243 e. The maximum absolute atomic E-state index is 12.9. The number of hydrogen-bond donors (Lipinski definition) is 1. The predicted octanol–water partition coefficient (Wildman–Crippen LogP) is 2.19. The quantitative estimate of drug-likeness (QED) is 0.645. The fraction of sp³-hybridized carbons (Fsp3) is 0.474.